The van der Waals surface area contributed by atoms with E-state index in [0.717, 1.165) is 0 Å². The largest absolute Gasteiger partial charge is 0.573 e. The van der Waals surface area contributed by atoms with Gasteiger partial charge in [-0.3, -0.25) is 0 Å². The highest BCUT2D eigenvalue weighted by atomic mass is 19.4. The molecule has 1 aromatic rings. The molecule has 0 fully saturated rings. The minimum Gasteiger partial charge on any atom is -0.401 e. The zero-order valence-corrected chi connectivity index (χ0v) is 8.56. The fraction of sp³-hybridized carbons (Fsp3) is 0.375. The van der Waals surface area contributed by atoms with Crippen molar-refractivity contribution in [1.82, 2.24) is 4.98 Å². The first-order valence-corrected chi connectivity index (χ1v) is 4.36. The van der Waals surface area contributed by atoms with Crippen LogP contribution in [0, 0.1) is 0 Å². The Morgan fingerprint density at radius 1 is 1.17 bits per heavy atom. The number of pyridine rings is 1. The van der Waals surface area contributed by atoms with E-state index >= 15 is 0 Å². The first-order chi connectivity index (χ1) is 8.06. The van der Waals surface area contributed by atoms with E-state index in [4.69, 9.17) is 11.5 Å². The SMILES string of the molecule is NCc1cnc(C(F)(F)F)c(OC(F)(F)F)c1N. The summed E-state index contributed by atoms with van der Waals surface area (Å²) in [5.74, 6) is -1.59. The first-order valence-electron chi connectivity index (χ1n) is 4.36. The van der Waals surface area contributed by atoms with Crippen molar-refractivity contribution in [1.29, 1.82) is 0 Å². The fourth-order valence-corrected chi connectivity index (χ4v) is 1.13. The summed E-state index contributed by atoms with van der Waals surface area (Å²) in [5.41, 5.74) is 7.39. The van der Waals surface area contributed by atoms with Gasteiger partial charge in [-0.2, -0.15) is 13.2 Å². The van der Waals surface area contributed by atoms with E-state index < -0.39 is 29.7 Å². The molecule has 0 aliphatic carbocycles. The van der Waals surface area contributed by atoms with Crippen molar-refractivity contribution in [2.24, 2.45) is 5.73 Å². The van der Waals surface area contributed by atoms with Crippen LogP contribution in [0.15, 0.2) is 6.20 Å². The van der Waals surface area contributed by atoms with Crippen LogP contribution in [-0.4, -0.2) is 11.3 Å². The van der Waals surface area contributed by atoms with Crippen LogP contribution in [0.2, 0.25) is 0 Å². The molecule has 0 aromatic carbocycles. The smallest absolute Gasteiger partial charge is 0.401 e. The Bertz CT molecular complexity index is 442. The third-order valence-electron chi connectivity index (χ3n) is 1.86. The van der Waals surface area contributed by atoms with E-state index in [-0.39, 0.29) is 12.1 Å². The standard InChI is InChI=1S/C8H7F6N3O/c9-7(10,11)6-5(18-8(12,13)14)4(16)3(1-15)2-17-6/h2H,1,15H2,(H2,16,17). The minimum absolute atomic E-state index is 0.178. The average Bonchev–Trinajstić information content (AvgIpc) is 2.17. The maximum atomic E-state index is 12.4. The quantitative estimate of drug-likeness (QED) is 0.810. The van der Waals surface area contributed by atoms with Crippen LogP contribution in [0.3, 0.4) is 0 Å². The average molecular weight is 275 g/mol. The predicted molar refractivity (Wildman–Crippen MR) is 48.2 cm³/mol. The molecule has 0 spiro atoms. The summed E-state index contributed by atoms with van der Waals surface area (Å²) in [7, 11) is 0. The Labute approximate surface area is 96.5 Å². The molecule has 0 bridgehead atoms. The second kappa shape index (κ2) is 4.52. The van der Waals surface area contributed by atoms with Crippen LogP contribution in [-0.2, 0) is 12.7 Å². The lowest BCUT2D eigenvalue weighted by Gasteiger charge is -2.17. The number of alkyl halides is 6. The number of hydrogen-bond donors (Lipinski definition) is 2. The van der Waals surface area contributed by atoms with Crippen LogP contribution >= 0.6 is 0 Å². The first kappa shape index (κ1) is 14.4. The molecule has 102 valence electrons. The topological polar surface area (TPSA) is 74.2 Å². The highest BCUT2D eigenvalue weighted by Gasteiger charge is 2.42. The number of rotatable bonds is 2. The van der Waals surface area contributed by atoms with Crippen molar-refractivity contribution in [3.05, 3.63) is 17.5 Å². The predicted octanol–water partition coefficient (Wildman–Crippen LogP) is 2.04. The molecule has 0 saturated heterocycles. The lowest BCUT2D eigenvalue weighted by Crippen LogP contribution is -2.23. The highest BCUT2D eigenvalue weighted by molar-refractivity contribution is 5.60. The second-order valence-electron chi connectivity index (χ2n) is 3.12. The number of hydrogen-bond acceptors (Lipinski definition) is 4. The van der Waals surface area contributed by atoms with Crippen molar-refractivity contribution in [2.75, 3.05) is 5.73 Å². The molecule has 0 atom stereocenters. The Morgan fingerprint density at radius 3 is 2.11 bits per heavy atom. The molecule has 1 heterocycles. The van der Waals surface area contributed by atoms with Gasteiger partial charge >= 0.3 is 12.5 Å². The van der Waals surface area contributed by atoms with Gasteiger partial charge in [-0.25, -0.2) is 4.98 Å². The normalized spacial score (nSPS) is 12.6. The monoisotopic (exact) mass is 275 g/mol. The Kier molecular flexibility index (Phi) is 3.60. The lowest BCUT2D eigenvalue weighted by atomic mass is 10.2. The van der Waals surface area contributed by atoms with E-state index in [1.54, 1.807) is 0 Å². The van der Waals surface area contributed by atoms with E-state index in [1.165, 1.54) is 0 Å². The van der Waals surface area contributed by atoms with Crippen LogP contribution < -0.4 is 16.2 Å². The molecule has 0 aliphatic heterocycles. The summed E-state index contributed by atoms with van der Waals surface area (Å²) in [6, 6.07) is 0. The van der Waals surface area contributed by atoms with Gasteiger partial charge < -0.3 is 16.2 Å². The molecule has 0 amide bonds. The summed E-state index contributed by atoms with van der Waals surface area (Å²) in [5, 5.41) is 0. The van der Waals surface area contributed by atoms with Crippen molar-refractivity contribution in [2.45, 2.75) is 19.1 Å². The van der Waals surface area contributed by atoms with Crippen molar-refractivity contribution >= 4 is 5.69 Å². The maximum absolute atomic E-state index is 12.4. The summed E-state index contributed by atoms with van der Waals surface area (Å²) in [6.07, 6.45) is -9.79. The third-order valence-corrected chi connectivity index (χ3v) is 1.86. The van der Waals surface area contributed by atoms with Crippen LogP contribution in [0.4, 0.5) is 32.0 Å². The number of anilines is 1. The van der Waals surface area contributed by atoms with Gasteiger partial charge in [0.2, 0.25) is 0 Å². The summed E-state index contributed by atoms with van der Waals surface area (Å²) < 4.78 is 76.7. The van der Waals surface area contributed by atoms with Crippen LogP contribution in [0.5, 0.6) is 5.75 Å². The number of nitrogens with zero attached hydrogens (tertiary/aromatic N) is 1. The van der Waals surface area contributed by atoms with Gasteiger partial charge in [0.1, 0.15) is 0 Å². The molecule has 1 rings (SSSR count). The van der Waals surface area contributed by atoms with Gasteiger partial charge in [0.25, 0.3) is 0 Å². The zero-order chi connectivity index (χ0) is 14.1. The van der Waals surface area contributed by atoms with E-state index in [1.807, 2.05) is 0 Å². The molecular weight excluding hydrogens is 268 g/mol. The maximum Gasteiger partial charge on any atom is 0.573 e. The molecule has 0 saturated carbocycles. The fourth-order valence-electron chi connectivity index (χ4n) is 1.13. The summed E-state index contributed by atoms with van der Waals surface area (Å²) in [4.78, 5) is 2.86. The van der Waals surface area contributed by atoms with E-state index in [9.17, 15) is 26.3 Å². The van der Waals surface area contributed by atoms with Gasteiger partial charge in [-0.15, -0.1) is 13.2 Å². The number of nitrogen functional groups attached to an aromatic ring is 1. The number of nitrogens with two attached hydrogens (primary N) is 2. The Balaban J connectivity index is 3.41. The molecule has 18 heavy (non-hydrogen) atoms. The molecule has 10 heteroatoms. The zero-order valence-electron chi connectivity index (χ0n) is 8.56. The molecular formula is C8H7F6N3O. The molecule has 0 unspecified atom stereocenters. The van der Waals surface area contributed by atoms with Crippen molar-refractivity contribution < 1.29 is 31.1 Å². The minimum atomic E-state index is -5.32. The van der Waals surface area contributed by atoms with Crippen molar-refractivity contribution in [3.8, 4) is 5.75 Å². The number of ether oxygens (including phenoxy) is 1. The van der Waals surface area contributed by atoms with Gasteiger partial charge in [0.15, 0.2) is 11.4 Å². The second-order valence-corrected chi connectivity index (χ2v) is 3.12. The van der Waals surface area contributed by atoms with Gasteiger partial charge in [-0.1, -0.05) is 0 Å². The molecule has 4 N–H and O–H groups in total. The number of aromatic nitrogens is 1. The summed E-state index contributed by atoms with van der Waals surface area (Å²) in [6.45, 7) is -0.370. The lowest BCUT2D eigenvalue weighted by molar-refractivity contribution is -0.276. The van der Waals surface area contributed by atoms with Gasteiger partial charge in [0.05, 0.1) is 5.69 Å². The highest BCUT2D eigenvalue weighted by Crippen LogP contribution is 2.41. The number of halogens is 6. The van der Waals surface area contributed by atoms with E-state index in [2.05, 4.69) is 9.72 Å². The Hall–Kier alpha value is -1.71. The van der Waals surface area contributed by atoms with Crippen LogP contribution in [0.1, 0.15) is 11.3 Å². The third kappa shape index (κ3) is 3.15. The molecule has 1 aromatic heterocycles. The molecule has 0 radical (unpaired) electrons. The molecule has 0 aliphatic rings. The summed E-state index contributed by atoms with van der Waals surface area (Å²) >= 11 is 0. The van der Waals surface area contributed by atoms with Gasteiger partial charge in [-0.05, 0) is 0 Å². The van der Waals surface area contributed by atoms with E-state index in [0.29, 0.717) is 6.20 Å². The van der Waals surface area contributed by atoms with Crippen LogP contribution in [0.25, 0.3) is 0 Å². The van der Waals surface area contributed by atoms with Gasteiger partial charge in [0, 0.05) is 18.3 Å². The van der Waals surface area contributed by atoms with Crippen molar-refractivity contribution in [3.63, 3.8) is 0 Å². The molecule has 4 nitrogen and oxygen atoms in total. The Morgan fingerprint density at radius 2 is 1.72 bits per heavy atom.